The first-order valence-electron chi connectivity index (χ1n) is 4.05. The van der Waals surface area contributed by atoms with Crippen LogP contribution in [0, 0.1) is 0 Å². The van der Waals surface area contributed by atoms with Crippen molar-refractivity contribution in [3.63, 3.8) is 0 Å². The number of hydrogen-bond donors (Lipinski definition) is 2. The summed E-state index contributed by atoms with van der Waals surface area (Å²) in [6.07, 6.45) is 0. The van der Waals surface area contributed by atoms with Gasteiger partial charge in [-0.05, 0) is 24.3 Å². The summed E-state index contributed by atoms with van der Waals surface area (Å²) in [4.78, 5) is 1.30. The van der Waals surface area contributed by atoms with E-state index in [9.17, 15) is 0 Å². The standard InChI is InChI=1S/C9H13NS3/c1-10-8-2-4-9(5-3-8)13-12-7-6-11/h2-5,10-11H,6-7H2,1H3. The van der Waals surface area contributed by atoms with Crippen molar-refractivity contribution in [2.24, 2.45) is 0 Å². The Morgan fingerprint density at radius 1 is 1.31 bits per heavy atom. The fourth-order valence-electron chi connectivity index (χ4n) is 0.824. The molecule has 1 nitrogen and oxygen atoms in total. The van der Waals surface area contributed by atoms with Gasteiger partial charge in [0.25, 0.3) is 0 Å². The lowest BCUT2D eigenvalue weighted by Gasteiger charge is -2.01. The van der Waals surface area contributed by atoms with Crippen LogP contribution in [0.1, 0.15) is 0 Å². The summed E-state index contributed by atoms with van der Waals surface area (Å²) in [6, 6.07) is 8.43. The van der Waals surface area contributed by atoms with Gasteiger partial charge in [0.2, 0.25) is 0 Å². The second kappa shape index (κ2) is 6.51. The Kier molecular flexibility index (Phi) is 5.58. The van der Waals surface area contributed by atoms with Gasteiger partial charge in [0.05, 0.1) is 0 Å². The molecule has 0 saturated carbocycles. The molecule has 0 unspecified atom stereocenters. The molecule has 0 spiro atoms. The number of benzene rings is 1. The minimum absolute atomic E-state index is 0.937. The molecule has 0 atom stereocenters. The van der Waals surface area contributed by atoms with E-state index in [1.165, 1.54) is 4.90 Å². The number of rotatable bonds is 5. The monoisotopic (exact) mass is 231 g/mol. The van der Waals surface area contributed by atoms with Crippen molar-refractivity contribution < 1.29 is 0 Å². The predicted octanol–water partition coefficient (Wildman–Crippen LogP) is 3.40. The van der Waals surface area contributed by atoms with Crippen LogP contribution >= 0.6 is 34.2 Å². The maximum absolute atomic E-state index is 4.15. The van der Waals surface area contributed by atoms with Crippen molar-refractivity contribution in [1.82, 2.24) is 0 Å². The van der Waals surface area contributed by atoms with E-state index in [1.807, 2.05) is 17.8 Å². The SMILES string of the molecule is CNc1ccc(SSCCS)cc1. The molecule has 0 fully saturated rings. The smallest absolute Gasteiger partial charge is 0.0338 e. The van der Waals surface area contributed by atoms with Crippen LogP contribution in [0.4, 0.5) is 5.69 Å². The Morgan fingerprint density at radius 3 is 2.54 bits per heavy atom. The highest BCUT2D eigenvalue weighted by molar-refractivity contribution is 8.76. The second-order valence-corrected chi connectivity index (χ2v) is 5.34. The van der Waals surface area contributed by atoms with Gasteiger partial charge in [-0.15, -0.1) is 0 Å². The van der Waals surface area contributed by atoms with Crippen LogP contribution in [0.5, 0.6) is 0 Å². The number of anilines is 1. The third-order valence-corrected chi connectivity index (χ3v) is 4.38. The molecule has 72 valence electrons. The number of thiol groups is 1. The van der Waals surface area contributed by atoms with Crippen molar-refractivity contribution in [2.45, 2.75) is 4.90 Å². The van der Waals surface area contributed by atoms with Gasteiger partial charge in [-0.3, -0.25) is 0 Å². The number of nitrogens with one attached hydrogen (secondary N) is 1. The zero-order chi connectivity index (χ0) is 9.52. The van der Waals surface area contributed by atoms with Crippen LogP contribution in [0.25, 0.3) is 0 Å². The highest BCUT2D eigenvalue weighted by atomic mass is 33.1. The van der Waals surface area contributed by atoms with Gasteiger partial charge in [-0.1, -0.05) is 21.6 Å². The molecule has 1 rings (SSSR count). The third-order valence-electron chi connectivity index (χ3n) is 1.47. The quantitative estimate of drug-likeness (QED) is 0.458. The molecule has 0 aliphatic carbocycles. The molecule has 4 heteroatoms. The zero-order valence-electron chi connectivity index (χ0n) is 7.49. The van der Waals surface area contributed by atoms with Gasteiger partial charge in [0.15, 0.2) is 0 Å². The van der Waals surface area contributed by atoms with Crippen molar-refractivity contribution in [3.8, 4) is 0 Å². The molecular formula is C9H13NS3. The van der Waals surface area contributed by atoms with Gasteiger partial charge >= 0.3 is 0 Å². The predicted molar refractivity (Wildman–Crippen MR) is 68.2 cm³/mol. The molecule has 0 amide bonds. The second-order valence-electron chi connectivity index (χ2n) is 2.40. The Balaban J connectivity index is 2.40. The first-order chi connectivity index (χ1) is 6.36. The van der Waals surface area contributed by atoms with Crippen LogP contribution in [0.2, 0.25) is 0 Å². The minimum Gasteiger partial charge on any atom is -0.388 e. The summed E-state index contributed by atoms with van der Waals surface area (Å²) in [5, 5.41) is 3.09. The number of hydrogen-bond acceptors (Lipinski definition) is 4. The molecule has 13 heavy (non-hydrogen) atoms. The van der Waals surface area contributed by atoms with Gasteiger partial charge in [0.1, 0.15) is 0 Å². The molecule has 1 aromatic carbocycles. The summed E-state index contributed by atoms with van der Waals surface area (Å²) in [5.41, 5.74) is 1.16. The zero-order valence-corrected chi connectivity index (χ0v) is 10.0. The highest BCUT2D eigenvalue weighted by Gasteiger charge is 1.93. The molecular weight excluding hydrogens is 218 g/mol. The lowest BCUT2D eigenvalue weighted by molar-refractivity contribution is 1.43. The summed E-state index contributed by atoms with van der Waals surface area (Å²) >= 11 is 4.15. The van der Waals surface area contributed by atoms with Crippen molar-refractivity contribution >= 4 is 39.9 Å². The third kappa shape index (κ3) is 4.20. The Bertz CT molecular complexity index is 235. The van der Waals surface area contributed by atoms with Crippen LogP contribution in [0.3, 0.4) is 0 Å². The van der Waals surface area contributed by atoms with Crippen molar-refractivity contribution in [2.75, 3.05) is 23.9 Å². The molecule has 0 aliphatic heterocycles. The van der Waals surface area contributed by atoms with Crippen LogP contribution in [-0.2, 0) is 0 Å². The van der Waals surface area contributed by atoms with Crippen molar-refractivity contribution in [3.05, 3.63) is 24.3 Å². The van der Waals surface area contributed by atoms with E-state index in [0.717, 1.165) is 17.2 Å². The van der Waals surface area contributed by atoms with E-state index in [1.54, 1.807) is 10.8 Å². The Morgan fingerprint density at radius 2 is 2.00 bits per heavy atom. The molecule has 0 radical (unpaired) electrons. The topological polar surface area (TPSA) is 12.0 Å². The van der Waals surface area contributed by atoms with Gasteiger partial charge < -0.3 is 5.32 Å². The molecule has 0 heterocycles. The summed E-state index contributed by atoms with van der Waals surface area (Å²) < 4.78 is 0. The Labute approximate surface area is 92.9 Å². The summed E-state index contributed by atoms with van der Waals surface area (Å²) in [7, 11) is 5.57. The van der Waals surface area contributed by atoms with Crippen LogP contribution in [-0.4, -0.2) is 18.6 Å². The van der Waals surface area contributed by atoms with Gasteiger partial charge in [-0.25, -0.2) is 0 Å². The first-order valence-corrected chi connectivity index (χ1v) is 7.00. The van der Waals surface area contributed by atoms with Gasteiger partial charge in [-0.2, -0.15) is 12.6 Å². The van der Waals surface area contributed by atoms with E-state index in [0.29, 0.717) is 0 Å². The van der Waals surface area contributed by atoms with E-state index in [-0.39, 0.29) is 0 Å². The van der Waals surface area contributed by atoms with E-state index < -0.39 is 0 Å². The van der Waals surface area contributed by atoms with Crippen molar-refractivity contribution in [1.29, 1.82) is 0 Å². The molecule has 0 aromatic heterocycles. The van der Waals surface area contributed by atoms with Gasteiger partial charge in [0, 0.05) is 29.1 Å². The lowest BCUT2D eigenvalue weighted by Crippen LogP contribution is -1.85. The van der Waals surface area contributed by atoms with Crippen LogP contribution in [0.15, 0.2) is 29.2 Å². The fraction of sp³-hybridized carbons (Fsp3) is 0.333. The molecule has 0 saturated heterocycles. The largest absolute Gasteiger partial charge is 0.388 e. The maximum atomic E-state index is 4.15. The van der Waals surface area contributed by atoms with E-state index in [2.05, 4.69) is 42.2 Å². The average molecular weight is 231 g/mol. The molecule has 0 bridgehead atoms. The molecule has 1 aromatic rings. The summed E-state index contributed by atoms with van der Waals surface area (Å²) in [5.74, 6) is 2.02. The first kappa shape index (κ1) is 11.1. The molecule has 0 aliphatic rings. The normalized spacial score (nSPS) is 10.0. The van der Waals surface area contributed by atoms with Crippen LogP contribution < -0.4 is 5.32 Å². The minimum atomic E-state index is 0.937. The Hall–Kier alpha value is 0.0700. The maximum Gasteiger partial charge on any atom is 0.0338 e. The lowest BCUT2D eigenvalue weighted by atomic mass is 10.3. The molecule has 1 N–H and O–H groups in total. The summed E-state index contributed by atoms with van der Waals surface area (Å²) in [6.45, 7) is 0. The van der Waals surface area contributed by atoms with E-state index in [4.69, 9.17) is 0 Å². The fourth-order valence-corrected chi connectivity index (χ4v) is 3.25. The van der Waals surface area contributed by atoms with E-state index >= 15 is 0 Å². The average Bonchev–Trinajstić information content (AvgIpc) is 2.19. The highest BCUT2D eigenvalue weighted by Crippen LogP contribution is 2.31.